The first-order valence-electron chi connectivity index (χ1n) is 12.4. The minimum Gasteiger partial charge on any atom is -0.383 e. The van der Waals surface area contributed by atoms with Gasteiger partial charge in [-0.25, -0.2) is 24.6 Å². The smallest absolute Gasteiger partial charge is 0.165 e. The molecule has 0 spiro atoms. The third-order valence-corrected chi connectivity index (χ3v) is 7.33. The lowest BCUT2D eigenvalue weighted by Crippen LogP contribution is -2.41. The summed E-state index contributed by atoms with van der Waals surface area (Å²) >= 11 is 0. The van der Waals surface area contributed by atoms with Gasteiger partial charge in [0, 0.05) is 30.9 Å². The van der Waals surface area contributed by atoms with Gasteiger partial charge in [-0.05, 0) is 56.6 Å². The summed E-state index contributed by atoms with van der Waals surface area (Å²) in [5, 5.41) is 13.5. The van der Waals surface area contributed by atoms with Gasteiger partial charge < -0.3 is 15.6 Å². The van der Waals surface area contributed by atoms with Crippen LogP contribution in [-0.2, 0) is 0 Å². The van der Waals surface area contributed by atoms with Crippen LogP contribution >= 0.6 is 0 Å². The predicted octanol–water partition coefficient (Wildman–Crippen LogP) is 4.08. The van der Waals surface area contributed by atoms with E-state index in [-0.39, 0.29) is 11.5 Å². The molecule has 1 aliphatic heterocycles. The quantitative estimate of drug-likeness (QED) is 0.439. The molecule has 2 aliphatic rings. The van der Waals surface area contributed by atoms with Crippen molar-refractivity contribution >= 4 is 16.9 Å². The van der Waals surface area contributed by atoms with E-state index in [2.05, 4.69) is 48.1 Å². The number of nitrogen functional groups attached to an aromatic ring is 1. The van der Waals surface area contributed by atoms with Crippen molar-refractivity contribution in [1.29, 1.82) is 0 Å². The molecule has 2 fully saturated rings. The molecule has 1 saturated carbocycles. The highest BCUT2D eigenvalue weighted by molar-refractivity contribution is 6.00. The zero-order chi connectivity index (χ0) is 24.3. The molecule has 4 aromatic heterocycles. The second-order valence-corrected chi connectivity index (χ2v) is 10.7. The summed E-state index contributed by atoms with van der Waals surface area (Å²) in [7, 11) is 0. The molecule has 35 heavy (non-hydrogen) atoms. The summed E-state index contributed by atoms with van der Waals surface area (Å²) in [5.74, 6) is 2.51. The van der Waals surface area contributed by atoms with E-state index in [1.165, 1.54) is 11.9 Å². The lowest BCUT2D eigenvalue weighted by Gasteiger charge is -2.39. The van der Waals surface area contributed by atoms with Gasteiger partial charge in [0.2, 0.25) is 0 Å². The van der Waals surface area contributed by atoms with Crippen LogP contribution in [0.4, 0.5) is 5.82 Å². The maximum absolute atomic E-state index is 6.30. The van der Waals surface area contributed by atoms with E-state index in [0.717, 1.165) is 43.7 Å². The summed E-state index contributed by atoms with van der Waals surface area (Å²) < 4.78 is 7.75. The molecule has 3 N–H and O–H groups in total. The van der Waals surface area contributed by atoms with Crippen LogP contribution in [0.1, 0.15) is 76.2 Å². The van der Waals surface area contributed by atoms with E-state index in [1.54, 1.807) is 0 Å². The Kier molecular flexibility index (Phi) is 5.10. The van der Waals surface area contributed by atoms with Crippen molar-refractivity contribution in [2.45, 2.75) is 64.8 Å². The second-order valence-electron chi connectivity index (χ2n) is 10.7. The predicted molar refractivity (Wildman–Crippen MR) is 133 cm³/mol. The minimum absolute atomic E-state index is 0.0858. The maximum atomic E-state index is 6.30. The number of nitrogens with one attached hydrogen (secondary N) is 1. The van der Waals surface area contributed by atoms with Crippen molar-refractivity contribution in [2.24, 2.45) is 5.41 Å². The van der Waals surface area contributed by atoms with Crippen LogP contribution in [0.2, 0.25) is 0 Å². The summed E-state index contributed by atoms with van der Waals surface area (Å²) in [5.41, 5.74) is 10.3. The van der Waals surface area contributed by atoms with Gasteiger partial charge in [0.05, 0.1) is 10.9 Å². The van der Waals surface area contributed by atoms with Gasteiger partial charge >= 0.3 is 0 Å². The molecule has 4 aromatic rings. The number of aromatic nitrogens is 7. The number of rotatable bonds is 5. The number of nitrogens with zero attached hydrogens (tertiary/aromatic N) is 7. The fourth-order valence-corrected chi connectivity index (χ4v) is 5.26. The third-order valence-electron chi connectivity index (χ3n) is 7.33. The van der Waals surface area contributed by atoms with Crippen LogP contribution < -0.4 is 11.1 Å². The monoisotopic (exact) mass is 473 g/mol. The molecule has 10 heteroatoms. The molecular weight excluding hydrogens is 442 g/mol. The Hall–Kier alpha value is -3.40. The van der Waals surface area contributed by atoms with Gasteiger partial charge in [0.1, 0.15) is 23.5 Å². The number of piperidine rings is 1. The highest BCUT2D eigenvalue weighted by Crippen LogP contribution is 2.48. The SMILES string of the molecule is CC(C)n1nc(-c2noc(C3CC3)c2-c2ncc(C3CCNCC3(C)C)cn2)c2c(N)ncnc21. The van der Waals surface area contributed by atoms with Gasteiger partial charge in [0.25, 0.3) is 0 Å². The lowest BCUT2D eigenvalue weighted by atomic mass is 9.72. The van der Waals surface area contributed by atoms with Crippen molar-refractivity contribution in [3.63, 3.8) is 0 Å². The maximum Gasteiger partial charge on any atom is 0.165 e. The van der Waals surface area contributed by atoms with Crippen molar-refractivity contribution in [3.8, 4) is 22.8 Å². The highest BCUT2D eigenvalue weighted by Gasteiger charge is 2.37. The molecule has 5 heterocycles. The molecule has 0 amide bonds. The van der Waals surface area contributed by atoms with Crippen molar-refractivity contribution in [3.05, 3.63) is 30.0 Å². The van der Waals surface area contributed by atoms with E-state index in [4.69, 9.17) is 25.3 Å². The lowest BCUT2D eigenvalue weighted by molar-refractivity contribution is 0.218. The first-order chi connectivity index (χ1) is 16.8. The zero-order valence-corrected chi connectivity index (χ0v) is 20.6. The Balaban J connectivity index is 1.49. The third kappa shape index (κ3) is 3.67. The molecule has 6 rings (SSSR count). The van der Waals surface area contributed by atoms with E-state index in [0.29, 0.717) is 45.9 Å². The molecule has 1 atom stereocenters. The highest BCUT2D eigenvalue weighted by atomic mass is 16.5. The van der Waals surface area contributed by atoms with Gasteiger partial charge in [0.15, 0.2) is 17.2 Å². The number of anilines is 1. The van der Waals surface area contributed by atoms with Crippen molar-refractivity contribution in [2.75, 3.05) is 18.8 Å². The van der Waals surface area contributed by atoms with Crippen molar-refractivity contribution < 1.29 is 4.52 Å². The standard InChI is InChI=1S/C25H31N9O/c1-13(2)34-24-18(22(26)30-12-31-24)19(32-34)20-17(21(35-33-20)14-5-6-14)23-28-9-15(10-29-23)16-7-8-27-11-25(16,3)4/h9-10,12-14,16,27H,5-8,11H2,1-4H3,(H2,26,30,31). The van der Waals surface area contributed by atoms with Crippen LogP contribution in [0.15, 0.2) is 23.2 Å². The number of hydrogen-bond donors (Lipinski definition) is 2. The van der Waals surface area contributed by atoms with Gasteiger partial charge in [-0.15, -0.1) is 0 Å². The fraction of sp³-hybridized carbons (Fsp3) is 0.520. The van der Waals surface area contributed by atoms with Crippen LogP contribution in [0, 0.1) is 5.41 Å². The molecule has 182 valence electrons. The number of hydrogen-bond acceptors (Lipinski definition) is 9. The molecule has 10 nitrogen and oxygen atoms in total. The van der Waals surface area contributed by atoms with Crippen LogP contribution in [-0.4, -0.2) is 48.0 Å². The molecule has 0 bridgehead atoms. The number of fused-ring (bicyclic) bond motifs is 1. The summed E-state index contributed by atoms with van der Waals surface area (Å²) in [6.07, 6.45) is 8.60. The van der Waals surface area contributed by atoms with Crippen molar-refractivity contribution in [1.82, 2.24) is 40.2 Å². The average Bonchev–Trinajstić information content (AvgIpc) is 3.45. The molecule has 1 unspecified atom stereocenters. The van der Waals surface area contributed by atoms with E-state index in [1.807, 2.05) is 17.1 Å². The molecule has 1 aliphatic carbocycles. The Morgan fingerprint density at radius 3 is 2.54 bits per heavy atom. The Labute approximate surface area is 203 Å². The molecule has 0 radical (unpaired) electrons. The molecule has 1 saturated heterocycles. The Morgan fingerprint density at radius 2 is 1.86 bits per heavy atom. The first kappa shape index (κ1) is 22.1. The fourth-order valence-electron chi connectivity index (χ4n) is 5.26. The van der Waals surface area contributed by atoms with Gasteiger partial charge in [-0.1, -0.05) is 19.0 Å². The van der Waals surface area contributed by atoms with Crippen LogP contribution in [0.3, 0.4) is 0 Å². The zero-order valence-electron chi connectivity index (χ0n) is 20.6. The average molecular weight is 474 g/mol. The van der Waals surface area contributed by atoms with E-state index in [9.17, 15) is 0 Å². The van der Waals surface area contributed by atoms with Gasteiger partial charge in [-0.2, -0.15) is 5.10 Å². The molecule has 0 aromatic carbocycles. The summed E-state index contributed by atoms with van der Waals surface area (Å²) in [6, 6.07) is 0.0858. The van der Waals surface area contributed by atoms with Crippen LogP contribution in [0.25, 0.3) is 33.8 Å². The van der Waals surface area contributed by atoms with E-state index < -0.39 is 0 Å². The van der Waals surface area contributed by atoms with Crippen LogP contribution in [0.5, 0.6) is 0 Å². The number of nitrogens with two attached hydrogens (primary N) is 1. The largest absolute Gasteiger partial charge is 0.383 e. The van der Waals surface area contributed by atoms with Gasteiger partial charge in [-0.3, -0.25) is 0 Å². The van der Waals surface area contributed by atoms with E-state index >= 15 is 0 Å². The Morgan fingerprint density at radius 1 is 1.09 bits per heavy atom. The normalized spacial score (nSPS) is 20.1. The summed E-state index contributed by atoms with van der Waals surface area (Å²) in [4.78, 5) is 18.3. The molecular formula is C25H31N9O. The minimum atomic E-state index is 0.0858. The second kappa shape index (κ2) is 8.08. The summed E-state index contributed by atoms with van der Waals surface area (Å²) in [6.45, 7) is 10.7. The Bertz CT molecular complexity index is 1380. The first-order valence-corrected chi connectivity index (χ1v) is 12.4. The topological polar surface area (TPSA) is 133 Å².